The molecule has 2 aliphatic heterocycles. The third-order valence-electron chi connectivity index (χ3n) is 4.11. The number of rotatable bonds is 3. The summed E-state index contributed by atoms with van der Waals surface area (Å²) in [6, 6.07) is -0.0352. The van der Waals surface area contributed by atoms with Crippen molar-refractivity contribution < 1.29 is 22.7 Å². The Morgan fingerprint density at radius 1 is 1.15 bits per heavy atom. The summed E-state index contributed by atoms with van der Waals surface area (Å²) < 4.78 is 42.7. The normalized spacial score (nSPS) is 23.0. The van der Waals surface area contributed by atoms with Gasteiger partial charge in [-0.1, -0.05) is 0 Å². The van der Waals surface area contributed by atoms with Crippen LogP contribution in [0.1, 0.15) is 27.2 Å². The van der Waals surface area contributed by atoms with Gasteiger partial charge in [-0.05, 0) is 27.2 Å². The minimum atomic E-state index is -4.17. The Hall–Kier alpha value is -1.71. The summed E-state index contributed by atoms with van der Waals surface area (Å²) in [6.45, 7) is 6.30. The quantitative estimate of drug-likeness (QED) is 0.573. The highest BCUT2D eigenvalue weighted by Crippen LogP contribution is 2.20. The first-order valence-corrected chi connectivity index (χ1v) is 8.72. The van der Waals surface area contributed by atoms with Crippen LogP contribution in [0, 0.1) is 0 Å². The SMILES string of the molecule is CN=C(NC1CCN(CC(F)(F)F)C1)NC1CN(C(=O)OC(C)(C)C)C1. The van der Waals surface area contributed by atoms with Gasteiger partial charge in [-0.15, -0.1) is 0 Å². The fourth-order valence-electron chi connectivity index (χ4n) is 2.95. The second-order valence-electron chi connectivity index (χ2n) is 7.78. The van der Waals surface area contributed by atoms with Crippen molar-refractivity contribution in [2.24, 2.45) is 4.99 Å². The maximum atomic E-state index is 12.5. The standard InChI is InChI=1S/C16H28F3N5O2/c1-15(2,3)26-14(25)24-8-12(9-24)22-13(20-4)21-11-5-6-23(7-11)10-16(17,18)19/h11-12H,5-10H2,1-4H3,(H2,20,21,22). The first-order valence-electron chi connectivity index (χ1n) is 8.72. The molecular weight excluding hydrogens is 351 g/mol. The number of guanidine groups is 1. The number of nitrogens with one attached hydrogen (secondary N) is 2. The van der Waals surface area contributed by atoms with Crippen LogP contribution >= 0.6 is 0 Å². The molecule has 0 radical (unpaired) electrons. The smallest absolute Gasteiger partial charge is 0.410 e. The molecule has 2 saturated heterocycles. The zero-order valence-corrected chi connectivity index (χ0v) is 15.7. The second-order valence-corrected chi connectivity index (χ2v) is 7.78. The van der Waals surface area contributed by atoms with E-state index in [0.717, 1.165) is 0 Å². The molecule has 150 valence electrons. The van der Waals surface area contributed by atoms with Gasteiger partial charge in [-0.25, -0.2) is 4.79 Å². The van der Waals surface area contributed by atoms with Crippen molar-refractivity contribution in [3.05, 3.63) is 0 Å². The van der Waals surface area contributed by atoms with Crippen LogP contribution in [0.5, 0.6) is 0 Å². The van der Waals surface area contributed by atoms with Gasteiger partial charge in [0.05, 0.1) is 12.6 Å². The van der Waals surface area contributed by atoms with Crippen molar-refractivity contribution in [1.29, 1.82) is 0 Å². The second kappa shape index (κ2) is 7.89. The van der Waals surface area contributed by atoms with Gasteiger partial charge >= 0.3 is 12.3 Å². The van der Waals surface area contributed by atoms with E-state index in [0.29, 0.717) is 38.6 Å². The summed E-state index contributed by atoms with van der Waals surface area (Å²) in [5, 5.41) is 6.35. The van der Waals surface area contributed by atoms with Crippen LogP contribution < -0.4 is 10.6 Å². The van der Waals surface area contributed by atoms with E-state index < -0.39 is 18.3 Å². The molecule has 2 N–H and O–H groups in total. The molecule has 2 aliphatic rings. The van der Waals surface area contributed by atoms with Gasteiger partial charge in [-0.3, -0.25) is 9.89 Å². The van der Waals surface area contributed by atoms with E-state index in [2.05, 4.69) is 15.6 Å². The van der Waals surface area contributed by atoms with E-state index >= 15 is 0 Å². The Labute approximate surface area is 151 Å². The molecule has 1 amide bonds. The molecule has 0 aromatic rings. The van der Waals surface area contributed by atoms with E-state index in [-0.39, 0.29) is 18.2 Å². The number of hydrogen-bond acceptors (Lipinski definition) is 4. The number of carbonyl (C=O) groups is 1. The maximum Gasteiger partial charge on any atom is 0.410 e. The first kappa shape index (κ1) is 20.6. The predicted octanol–water partition coefficient (Wildman–Crippen LogP) is 1.41. The lowest BCUT2D eigenvalue weighted by molar-refractivity contribution is -0.143. The Morgan fingerprint density at radius 3 is 2.31 bits per heavy atom. The van der Waals surface area contributed by atoms with Crippen molar-refractivity contribution in [2.75, 3.05) is 39.8 Å². The van der Waals surface area contributed by atoms with Crippen LogP contribution in [0.25, 0.3) is 0 Å². The van der Waals surface area contributed by atoms with Crippen molar-refractivity contribution >= 4 is 12.1 Å². The topological polar surface area (TPSA) is 69.2 Å². The van der Waals surface area contributed by atoms with Crippen LogP contribution in [0.3, 0.4) is 0 Å². The van der Waals surface area contributed by atoms with Crippen molar-refractivity contribution in [1.82, 2.24) is 20.4 Å². The summed E-state index contributed by atoms with van der Waals surface area (Å²) in [7, 11) is 1.61. The number of nitrogens with zero attached hydrogens (tertiary/aromatic N) is 3. The fraction of sp³-hybridized carbons (Fsp3) is 0.875. The molecule has 1 atom stereocenters. The molecule has 2 heterocycles. The van der Waals surface area contributed by atoms with Gasteiger partial charge in [0.25, 0.3) is 0 Å². The van der Waals surface area contributed by atoms with Crippen LogP contribution in [0.2, 0.25) is 0 Å². The monoisotopic (exact) mass is 379 g/mol. The lowest BCUT2D eigenvalue weighted by atomic mass is 10.1. The Balaban J connectivity index is 1.71. The molecule has 2 rings (SSSR count). The van der Waals surface area contributed by atoms with Gasteiger partial charge in [-0.2, -0.15) is 13.2 Å². The summed E-state index contributed by atoms with van der Waals surface area (Å²) in [4.78, 5) is 19.0. The fourth-order valence-corrected chi connectivity index (χ4v) is 2.95. The zero-order chi connectivity index (χ0) is 19.5. The molecule has 10 heteroatoms. The third kappa shape index (κ3) is 6.54. The molecule has 0 aromatic carbocycles. The molecule has 1 unspecified atom stereocenters. The minimum absolute atomic E-state index is 0.0430. The van der Waals surface area contributed by atoms with E-state index in [1.807, 2.05) is 20.8 Å². The Morgan fingerprint density at radius 2 is 1.77 bits per heavy atom. The molecule has 2 fully saturated rings. The lowest BCUT2D eigenvalue weighted by Gasteiger charge is -2.40. The molecule has 7 nitrogen and oxygen atoms in total. The van der Waals surface area contributed by atoms with Crippen molar-refractivity contribution in [3.63, 3.8) is 0 Å². The molecule has 0 aliphatic carbocycles. The summed E-state index contributed by atoms with van der Waals surface area (Å²) in [5.74, 6) is 0.540. The van der Waals surface area contributed by atoms with E-state index in [1.54, 1.807) is 11.9 Å². The molecular formula is C16H28F3N5O2. The number of alkyl halides is 3. The largest absolute Gasteiger partial charge is 0.444 e. The van der Waals surface area contributed by atoms with Gasteiger partial charge in [0.2, 0.25) is 0 Å². The molecule has 0 bridgehead atoms. The number of hydrogen-bond donors (Lipinski definition) is 2. The summed E-state index contributed by atoms with van der Waals surface area (Å²) >= 11 is 0. The van der Waals surface area contributed by atoms with Crippen LogP contribution in [0.15, 0.2) is 4.99 Å². The van der Waals surface area contributed by atoms with Crippen molar-refractivity contribution in [2.45, 2.75) is 51.1 Å². The zero-order valence-electron chi connectivity index (χ0n) is 15.7. The van der Waals surface area contributed by atoms with Crippen LogP contribution in [-0.2, 0) is 4.74 Å². The average Bonchev–Trinajstić information content (AvgIpc) is 2.83. The Bertz CT molecular complexity index is 527. The minimum Gasteiger partial charge on any atom is -0.444 e. The van der Waals surface area contributed by atoms with Crippen LogP contribution in [-0.4, -0.2) is 85.5 Å². The highest BCUT2D eigenvalue weighted by molar-refractivity contribution is 5.81. The third-order valence-corrected chi connectivity index (χ3v) is 4.11. The maximum absolute atomic E-state index is 12.5. The van der Waals surface area contributed by atoms with E-state index in [1.165, 1.54) is 4.90 Å². The van der Waals surface area contributed by atoms with Crippen LogP contribution in [0.4, 0.5) is 18.0 Å². The number of ether oxygens (including phenoxy) is 1. The molecule has 0 spiro atoms. The molecule has 0 aromatic heterocycles. The highest BCUT2D eigenvalue weighted by atomic mass is 19.4. The first-order chi connectivity index (χ1) is 11.9. The van der Waals surface area contributed by atoms with Gasteiger partial charge < -0.3 is 20.3 Å². The molecule has 26 heavy (non-hydrogen) atoms. The number of carbonyl (C=O) groups excluding carboxylic acids is 1. The summed E-state index contributed by atoms with van der Waals surface area (Å²) in [6.07, 6.45) is -3.89. The predicted molar refractivity (Wildman–Crippen MR) is 92.1 cm³/mol. The summed E-state index contributed by atoms with van der Waals surface area (Å²) in [5.41, 5.74) is -0.530. The number of likely N-dealkylation sites (tertiary alicyclic amines) is 2. The van der Waals surface area contributed by atoms with Gasteiger partial charge in [0.1, 0.15) is 5.60 Å². The van der Waals surface area contributed by atoms with Crippen molar-refractivity contribution in [3.8, 4) is 0 Å². The lowest BCUT2D eigenvalue weighted by Crippen LogP contribution is -2.63. The van der Waals surface area contributed by atoms with Gasteiger partial charge in [0, 0.05) is 39.3 Å². The number of halogens is 3. The average molecular weight is 379 g/mol. The number of aliphatic imine (C=N–C) groups is 1. The van der Waals surface area contributed by atoms with E-state index in [9.17, 15) is 18.0 Å². The highest BCUT2D eigenvalue weighted by Gasteiger charge is 2.36. The van der Waals surface area contributed by atoms with Gasteiger partial charge in [0.15, 0.2) is 5.96 Å². The Kier molecular flexibility index (Phi) is 6.25. The molecule has 0 saturated carbocycles. The number of amides is 1. The van der Waals surface area contributed by atoms with E-state index in [4.69, 9.17) is 4.74 Å².